The minimum absolute atomic E-state index is 0. The molecule has 0 radical (unpaired) electrons. The molecule has 10 rings (SSSR count). The summed E-state index contributed by atoms with van der Waals surface area (Å²) in [6.07, 6.45) is 13.9. The molecule has 20 heteroatoms. The summed E-state index contributed by atoms with van der Waals surface area (Å²) in [6, 6.07) is 0. The minimum Gasteiger partial charge on any atom is -0.379 e. The van der Waals surface area contributed by atoms with Gasteiger partial charge in [0, 0.05) is 203 Å². The van der Waals surface area contributed by atoms with Crippen molar-refractivity contribution in [1.29, 1.82) is 0 Å². The van der Waals surface area contributed by atoms with Crippen LogP contribution < -0.4 is 0 Å². The molecule has 10 fully saturated rings. The van der Waals surface area contributed by atoms with Crippen LogP contribution in [0.1, 0.15) is 223 Å². The van der Waals surface area contributed by atoms with Crippen molar-refractivity contribution in [2.45, 2.75) is 223 Å². The molecule has 10 aliphatic rings. The largest absolute Gasteiger partial charge is 0.379 e. The normalized spacial score (nSPS) is 19.8. The summed E-state index contributed by atoms with van der Waals surface area (Å²) in [4.78, 5) is 21.4. The van der Waals surface area contributed by atoms with E-state index in [0.717, 1.165) is 139 Å². The van der Waals surface area contributed by atoms with Crippen LogP contribution in [0, 0.1) is 0 Å². The molecular formula is C89H190N11O5S4+. The van der Waals surface area contributed by atoms with Gasteiger partial charge in [0.25, 0.3) is 0 Å². The zero-order chi connectivity index (χ0) is 86.2. The third-order valence-corrected chi connectivity index (χ3v) is 21.4. The lowest BCUT2D eigenvalue weighted by atomic mass is 10.2. The topological polar surface area (TPSA) is 89.4 Å². The molecule has 10 heterocycles. The molecule has 0 amide bonds. The fourth-order valence-corrected chi connectivity index (χ4v) is 13.5. The van der Waals surface area contributed by atoms with Crippen LogP contribution >= 0.6 is 34.0 Å². The average molecular weight is 1620 g/mol. The number of likely N-dealkylation sites (N-methyl/N-ethyl adjacent to an activating group) is 3. The van der Waals surface area contributed by atoms with Gasteiger partial charge in [-0.05, 0) is 78.3 Å². The molecule has 2 unspecified atom stereocenters. The monoisotopic (exact) mass is 1620 g/mol. The van der Waals surface area contributed by atoms with Gasteiger partial charge in [-0.15, -0.1) is 11.8 Å². The number of allylic oxidation sites excluding steroid dienone is 4. The van der Waals surface area contributed by atoms with Gasteiger partial charge in [0.2, 0.25) is 6.67 Å². The Morgan fingerprint density at radius 3 is 1.23 bits per heavy atom. The number of hydrogen-bond donors (Lipinski definition) is 0. The Morgan fingerprint density at radius 2 is 0.789 bits per heavy atom. The van der Waals surface area contributed by atoms with Crippen molar-refractivity contribution in [3.8, 4) is 0 Å². The second kappa shape index (κ2) is 92.7. The SMILES string of the molecule is C.C=C1CCCCCN1C.C=C1CCOCCN1C.C=C1CCOCN1C.C=C1CCS(=C)(=O)CN1C.C=C1CCS(=C)CN1C.C=C1CCSCN1C.C=C1CC[N+](=C)CN1C.C=C1COCCCN1C.C=C1COCCN1C.C=C1CSCCCN1C.CC.CC.CC.CC.CC.CC.CC.CC.CC.CC. The van der Waals surface area contributed by atoms with Gasteiger partial charge in [0.15, 0.2) is 0 Å². The molecule has 0 aromatic heterocycles. The highest BCUT2D eigenvalue weighted by Crippen LogP contribution is 2.24. The van der Waals surface area contributed by atoms with Crippen molar-refractivity contribution in [1.82, 2.24) is 49.0 Å². The first-order valence-corrected chi connectivity index (χ1v) is 47.4. The average Bonchev–Trinajstić information content (AvgIpc) is 1.45. The molecular weight excluding hydrogens is 1430 g/mol. The Hall–Kier alpha value is -4.15. The summed E-state index contributed by atoms with van der Waals surface area (Å²) in [7, 11) is 19.1. The number of thioether (sulfide) groups is 2. The van der Waals surface area contributed by atoms with E-state index in [9.17, 15) is 4.21 Å². The fraction of sp³-hybridized carbons (Fsp3) is 0.742. The van der Waals surface area contributed by atoms with Crippen molar-refractivity contribution in [2.75, 3.05) is 216 Å². The van der Waals surface area contributed by atoms with E-state index < -0.39 is 9.52 Å². The fourth-order valence-electron chi connectivity index (χ4n) is 8.61. The first kappa shape index (κ1) is 128. The van der Waals surface area contributed by atoms with Crippen molar-refractivity contribution >= 4 is 62.0 Å². The molecule has 0 saturated carbocycles. The van der Waals surface area contributed by atoms with Gasteiger partial charge in [-0.3, -0.25) is 4.21 Å². The Balaban J connectivity index is -0.000000106. The molecule has 109 heavy (non-hydrogen) atoms. The highest BCUT2D eigenvalue weighted by atomic mass is 32.2. The van der Waals surface area contributed by atoms with E-state index in [1.165, 1.54) is 109 Å². The number of nitrogens with zero attached hydrogens (tertiary/aromatic N) is 11. The van der Waals surface area contributed by atoms with Crippen molar-refractivity contribution in [2.24, 2.45) is 0 Å². The summed E-state index contributed by atoms with van der Waals surface area (Å²) >= 11 is 3.96. The van der Waals surface area contributed by atoms with Crippen LogP contribution in [0.3, 0.4) is 0 Å². The lowest BCUT2D eigenvalue weighted by Gasteiger charge is -2.29. The molecule has 10 saturated heterocycles. The molecule has 2 atom stereocenters. The van der Waals surface area contributed by atoms with Gasteiger partial charge in [0.1, 0.15) is 20.0 Å². The van der Waals surface area contributed by atoms with E-state index in [1.807, 2.05) is 205 Å². The van der Waals surface area contributed by atoms with E-state index in [-0.39, 0.29) is 7.43 Å². The first-order chi connectivity index (χ1) is 51.5. The maximum Gasteiger partial charge on any atom is 0.217 e. The van der Waals surface area contributed by atoms with Crippen LogP contribution in [0.5, 0.6) is 0 Å². The van der Waals surface area contributed by atoms with Crippen LogP contribution in [0.25, 0.3) is 0 Å². The van der Waals surface area contributed by atoms with Crippen molar-refractivity contribution in [3.05, 3.63) is 123 Å². The molecule has 0 spiro atoms. The zero-order valence-corrected chi connectivity index (χ0v) is 80.8. The second-order valence-electron chi connectivity index (χ2n) is 23.9. The zero-order valence-electron chi connectivity index (χ0n) is 77.5. The predicted molar refractivity (Wildman–Crippen MR) is 513 cm³/mol. The standard InChI is InChI=1S/C8H15N.C7H13N2.C7H13NOS.2C7H13NO.2C7H13NS.2C6H11NO.C6H11NS.10C2H6.CH4/c1-8-6-4-3-5-7-9(8)2;1-7-4-5-8(2)6-9(7)3;1-7-4-5-10(3,9)6-8(7)2;1-7-3-5-9-6-4-8(7)2;1-7-6-9-5-3-4-8(7)2;1-7-4-5-9(3)6-8(7)2;1-7-6-9-5-3-4-8(7)2;1-6-5-8-4-3-7(6)2;2*1-6-3-4-8-5-7(6)2;10*1-2;/h1,3-7H2,2H3;1-2,4-6H2,3H3;1,3-6H2,2H3;4*1,3-6H2,2H3;3*1,3-5H2,2H3;10*1-2H3;1H4/q;+1;;;;;;;;;;;;;;;;;;;. The van der Waals surface area contributed by atoms with E-state index in [4.69, 9.17) is 18.9 Å². The second-order valence-corrected chi connectivity index (χ2v) is 30.6. The Bertz CT molecular complexity index is 2130. The van der Waals surface area contributed by atoms with Crippen LogP contribution in [0.4, 0.5) is 0 Å². The lowest BCUT2D eigenvalue weighted by Crippen LogP contribution is -2.34. The summed E-state index contributed by atoms with van der Waals surface area (Å²) < 4.78 is 34.1. The van der Waals surface area contributed by atoms with Gasteiger partial charge < -0.3 is 67.9 Å². The summed E-state index contributed by atoms with van der Waals surface area (Å²) in [5.74, 6) is 16.1. The Labute approximate surface area is 695 Å². The minimum atomic E-state index is -1.80. The van der Waals surface area contributed by atoms with Crippen molar-refractivity contribution in [3.63, 3.8) is 0 Å². The van der Waals surface area contributed by atoms with E-state index in [2.05, 4.69) is 166 Å². The van der Waals surface area contributed by atoms with Gasteiger partial charge in [-0.2, -0.15) is 22.2 Å². The van der Waals surface area contributed by atoms with Crippen LogP contribution in [-0.2, 0) is 28.5 Å². The third kappa shape index (κ3) is 77.6. The smallest absolute Gasteiger partial charge is 0.217 e. The number of ether oxygens (including phenoxy) is 4. The molecule has 10 aliphatic heterocycles. The third-order valence-electron chi connectivity index (χ3n) is 15.9. The number of rotatable bonds is 0. The Morgan fingerprint density at radius 1 is 0.376 bits per heavy atom. The molecule has 0 aliphatic carbocycles. The van der Waals surface area contributed by atoms with E-state index >= 15 is 0 Å². The molecule has 0 aromatic carbocycles. The maximum atomic E-state index is 11.4. The maximum absolute atomic E-state index is 11.4. The Kier molecular flexibility index (Phi) is 109. The molecule has 16 nitrogen and oxygen atoms in total. The van der Waals surface area contributed by atoms with Gasteiger partial charge in [-0.1, -0.05) is 224 Å². The predicted octanol–water partition coefficient (Wildman–Crippen LogP) is 21.5. The highest BCUT2D eigenvalue weighted by Gasteiger charge is 2.18. The first-order valence-electron chi connectivity index (χ1n) is 41.3. The van der Waals surface area contributed by atoms with Crippen LogP contribution in [0.2, 0.25) is 0 Å². The summed E-state index contributed by atoms with van der Waals surface area (Å²) in [5.41, 5.74) is 12.0. The summed E-state index contributed by atoms with van der Waals surface area (Å²) in [5, 5.41) is 0. The highest BCUT2D eigenvalue weighted by molar-refractivity contribution is 8.14. The molecule has 0 N–H and O–H groups in total. The number of morpholine rings is 1. The lowest BCUT2D eigenvalue weighted by molar-refractivity contribution is -0.546. The quantitative estimate of drug-likeness (QED) is 0.170. The molecule has 0 aromatic rings. The number of hydrogen-bond acceptors (Lipinski definition) is 17. The summed E-state index contributed by atoms with van der Waals surface area (Å²) in [6.45, 7) is 96.5. The van der Waals surface area contributed by atoms with Gasteiger partial charge >= 0.3 is 0 Å². The molecule has 654 valence electrons. The number of likely N-dealkylation sites (tertiary alicyclic amines) is 1. The molecule has 0 bridgehead atoms. The van der Waals surface area contributed by atoms with E-state index in [1.54, 1.807) is 0 Å². The van der Waals surface area contributed by atoms with Crippen LogP contribution in [0.15, 0.2) is 123 Å². The van der Waals surface area contributed by atoms with Crippen molar-refractivity contribution < 1.29 is 27.7 Å². The van der Waals surface area contributed by atoms with Crippen LogP contribution in [-0.4, -0.2) is 292 Å². The van der Waals surface area contributed by atoms with Gasteiger partial charge in [0.05, 0.1) is 57.3 Å². The van der Waals surface area contributed by atoms with Gasteiger partial charge in [-0.25, -0.2) is 4.58 Å². The van der Waals surface area contributed by atoms with E-state index in [0.29, 0.717) is 42.1 Å².